The van der Waals surface area contributed by atoms with Crippen LogP contribution in [-0.2, 0) is 32.1 Å². The minimum absolute atomic E-state index is 0.194. The first-order valence-corrected chi connectivity index (χ1v) is 28.3. The van der Waals surface area contributed by atoms with E-state index in [9.17, 15) is 0 Å². The summed E-state index contributed by atoms with van der Waals surface area (Å²) in [6.45, 7) is 0.998. The molecule has 0 fully saturated rings. The van der Waals surface area contributed by atoms with Crippen LogP contribution in [-0.4, -0.2) is 101 Å². The summed E-state index contributed by atoms with van der Waals surface area (Å²) in [5.74, 6) is 7.42. The first-order valence-electron chi connectivity index (χ1n) is 26.2. The number of rotatable bonds is 8. The molecule has 432 valence electrons. The second kappa shape index (κ2) is 31.3. The highest BCUT2D eigenvalue weighted by Crippen LogP contribution is 2.44. The third-order valence-electron chi connectivity index (χ3n) is 13.5. The molecule has 0 atom stereocenters. The summed E-state index contributed by atoms with van der Waals surface area (Å²) in [6.07, 6.45) is 14.2. The van der Waals surface area contributed by atoms with Gasteiger partial charge in [0.15, 0.2) is 0 Å². The quantitative estimate of drug-likeness (QED) is 0.132. The molecular formula is C61H68Cl4N4O12. The summed E-state index contributed by atoms with van der Waals surface area (Å²) < 4.78 is 74.8. The number of fused-ring (bicyclic) bond motifs is 9. The fourth-order valence-electron chi connectivity index (χ4n) is 9.73. The van der Waals surface area contributed by atoms with Crippen molar-refractivity contribution < 1.29 is 56.8 Å². The number of methoxy groups -OCH3 is 8. The van der Waals surface area contributed by atoms with E-state index in [-0.39, 0.29) is 22.4 Å². The summed E-state index contributed by atoms with van der Waals surface area (Å²) in [7, 11) is 13.3. The predicted molar refractivity (Wildman–Crippen MR) is 315 cm³/mol. The van der Waals surface area contributed by atoms with E-state index in [1.807, 2.05) is 60.7 Å². The van der Waals surface area contributed by atoms with Crippen LogP contribution in [0.15, 0.2) is 85.5 Å². The molecule has 81 heavy (non-hydrogen) atoms. The van der Waals surface area contributed by atoms with Crippen LogP contribution in [0.5, 0.6) is 81.0 Å². The Hall–Kier alpha value is -6.98. The van der Waals surface area contributed by atoms with Gasteiger partial charge in [0, 0.05) is 87.7 Å². The molecule has 7 aromatic rings. The fraction of sp³-hybridized carbons (Fsp3) is 0.377. The molecule has 9 aliphatic carbocycles. The molecule has 0 saturated carbocycles. The van der Waals surface area contributed by atoms with Crippen LogP contribution in [0.2, 0.25) is 0 Å². The predicted octanol–water partition coefficient (Wildman–Crippen LogP) is 14.1. The highest BCUT2D eigenvalue weighted by molar-refractivity contribution is 6.41. The van der Waals surface area contributed by atoms with Crippen molar-refractivity contribution in [2.45, 2.75) is 70.6 Å². The standard InChI is InChI=1S/C59H64N4O12.2CH2Cl2/c1-64-46-24-38-18-40-26-52(70-7)42(28-50(40)68-5)20-44-30-55-45(31-54(44)74-58-34-60-32-56(62-58)72-15-13-11-9-10-12-14-16-73-57-33-61-35-59(63-57)75-55)21-43-29-51(69-6)41(27-53(43)71-8)19-39-25-47(65-2)37(23-49(39)67-4)17-36(46)22-48(38)66-3;2*2-1-3/h22-35H,9-21H2,1-8H3;2*1H2. The number of nitrogens with zero attached hydrogens (tertiary/aromatic N) is 4. The summed E-state index contributed by atoms with van der Waals surface area (Å²) in [5.41, 5.74) is 8.35. The van der Waals surface area contributed by atoms with Gasteiger partial charge in [0.05, 0.1) is 106 Å². The maximum Gasteiger partial charge on any atom is 0.241 e. The topological polar surface area (TPSA) is 162 Å². The molecule has 0 unspecified atom stereocenters. The van der Waals surface area contributed by atoms with E-state index in [4.69, 9.17) is 113 Å². The Morgan fingerprint density at radius 1 is 0.321 bits per heavy atom. The van der Waals surface area contributed by atoms with Crippen molar-refractivity contribution in [2.24, 2.45) is 0 Å². The summed E-state index contributed by atoms with van der Waals surface area (Å²) in [6, 6.07) is 19.9. The van der Waals surface area contributed by atoms with Crippen LogP contribution in [0, 0.1) is 0 Å². The summed E-state index contributed by atoms with van der Waals surface area (Å²) in [4.78, 5) is 18.5. The van der Waals surface area contributed by atoms with Crippen LogP contribution < -0.4 is 56.8 Å². The minimum Gasteiger partial charge on any atom is -0.496 e. The molecule has 2 aromatic heterocycles. The Morgan fingerprint density at radius 2 is 0.543 bits per heavy atom. The van der Waals surface area contributed by atoms with E-state index in [1.54, 1.807) is 81.7 Å². The second-order valence-corrected chi connectivity index (χ2v) is 20.1. The van der Waals surface area contributed by atoms with Gasteiger partial charge in [0.2, 0.25) is 23.5 Å². The number of halogens is 4. The Morgan fingerprint density at radius 3 is 0.790 bits per heavy atom. The Bertz CT molecular complexity index is 2980. The first kappa shape index (κ1) is 61.6. The van der Waals surface area contributed by atoms with Crippen LogP contribution in [0.1, 0.15) is 94.2 Å². The van der Waals surface area contributed by atoms with E-state index in [1.165, 1.54) is 0 Å². The molecule has 4 heterocycles. The number of benzene rings is 5. The number of hydrogen-bond donors (Lipinski definition) is 0. The maximum atomic E-state index is 6.80. The zero-order chi connectivity index (χ0) is 57.7. The molecule has 18 rings (SSSR count). The molecule has 16 bridgehead atoms. The van der Waals surface area contributed by atoms with Crippen molar-refractivity contribution >= 4 is 46.4 Å². The van der Waals surface area contributed by atoms with E-state index < -0.39 is 0 Å². The SMILES string of the molecule is COc1cc2c(OC)cc1Cc1cc(OC)c(cc1OC)Cc1cc(OC)c(cc1OC)Cc1cc3c(cc1Oc1cncc(n1)OCCCCCCCCOc1cncc(n1)O3)Cc1cc(OC)c(cc1OC)C2.ClCCl.ClCCl. The van der Waals surface area contributed by atoms with Gasteiger partial charge in [-0.1, -0.05) is 25.7 Å². The van der Waals surface area contributed by atoms with Crippen LogP contribution in [0.25, 0.3) is 0 Å². The second-order valence-electron chi connectivity index (χ2n) is 18.5. The molecule has 0 radical (unpaired) electrons. The lowest BCUT2D eigenvalue weighted by atomic mass is 9.94. The highest BCUT2D eigenvalue weighted by atomic mass is 35.5. The largest absolute Gasteiger partial charge is 0.496 e. The van der Waals surface area contributed by atoms with Crippen molar-refractivity contribution in [3.8, 4) is 81.0 Å². The normalized spacial score (nSPS) is 13.3. The van der Waals surface area contributed by atoms with Gasteiger partial charge in [-0.15, -0.1) is 46.4 Å². The summed E-state index contributed by atoms with van der Waals surface area (Å²) >= 11 is 19.1. The van der Waals surface area contributed by atoms with Gasteiger partial charge in [0.1, 0.15) is 57.5 Å². The van der Waals surface area contributed by atoms with Gasteiger partial charge in [-0.05, 0) is 73.5 Å². The number of ether oxygens (including phenoxy) is 12. The van der Waals surface area contributed by atoms with Crippen molar-refractivity contribution in [3.63, 3.8) is 0 Å². The van der Waals surface area contributed by atoms with Crippen LogP contribution in [0.4, 0.5) is 0 Å². The molecule has 2 aliphatic heterocycles. The smallest absolute Gasteiger partial charge is 0.241 e. The minimum atomic E-state index is 0.194. The van der Waals surface area contributed by atoms with Crippen LogP contribution in [0.3, 0.4) is 0 Å². The first-order chi connectivity index (χ1) is 39.5. The van der Waals surface area contributed by atoms with Crippen molar-refractivity contribution in [1.82, 2.24) is 19.9 Å². The molecule has 16 nitrogen and oxygen atoms in total. The zero-order valence-corrected chi connectivity index (χ0v) is 49.9. The zero-order valence-electron chi connectivity index (χ0n) is 46.9. The van der Waals surface area contributed by atoms with Gasteiger partial charge < -0.3 is 56.8 Å². The van der Waals surface area contributed by atoms with Gasteiger partial charge in [0.25, 0.3) is 0 Å². The lowest BCUT2D eigenvalue weighted by Gasteiger charge is -2.21. The van der Waals surface area contributed by atoms with E-state index in [0.29, 0.717) is 115 Å². The number of hydrogen-bond acceptors (Lipinski definition) is 16. The van der Waals surface area contributed by atoms with E-state index in [2.05, 4.69) is 9.97 Å². The molecule has 20 heteroatoms. The Labute approximate surface area is 494 Å². The van der Waals surface area contributed by atoms with Gasteiger partial charge in [-0.3, -0.25) is 9.97 Å². The number of aromatic nitrogens is 4. The van der Waals surface area contributed by atoms with Crippen molar-refractivity contribution in [1.29, 1.82) is 0 Å². The highest BCUT2D eigenvalue weighted by Gasteiger charge is 2.25. The van der Waals surface area contributed by atoms with Gasteiger partial charge >= 0.3 is 0 Å². The molecule has 0 amide bonds. The Balaban J connectivity index is 0.00000151. The van der Waals surface area contributed by atoms with Crippen molar-refractivity contribution in [3.05, 3.63) is 141 Å². The molecular weight excluding hydrogens is 1120 g/mol. The van der Waals surface area contributed by atoms with E-state index >= 15 is 0 Å². The maximum absolute atomic E-state index is 6.80. The monoisotopic (exact) mass is 1190 g/mol. The molecule has 5 aromatic carbocycles. The summed E-state index contributed by atoms with van der Waals surface area (Å²) in [5, 5.41) is 0.389. The molecule has 0 saturated heterocycles. The molecule has 0 spiro atoms. The molecule has 11 aliphatic rings. The van der Waals surface area contributed by atoms with Crippen LogP contribution >= 0.6 is 46.4 Å². The fourth-order valence-corrected chi connectivity index (χ4v) is 9.73. The van der Waals surface area contributed by atoms with Gasteiger partial charge in [-0.2, -0.15) is 9.97 Å². The Kier molecular flexibility index (Phi) is 23.8. The average molecular weight is 1190 g/mol. The number of alkyl halides is 4. The average Bonchev–Trinajstić information content (AvgIpc) is 3.50. The van der Waals surface area contributed by atoms with Crippen molar-refractivity contribution in [2.75, 3.05) is 80.8 Å². The lowest BCUT2D eigenvalue weighted by Crippen LogP contribution is -2.06. The van der Waals surface area contributed by atoms with E-state index in [0.717, 1.165) is 94.2 Å². The lowest BCUT2D eigenvalue weighted by molar-refractivity contribution is 0.281. The van der Waals surface area contributed by atoms with Gasteiger partial charge in [-0.25, -0.2) is 0 Å². The third-order valence-corrected chi connectivity index (χ3v) is 13.5. The third kappa shape index (κ3) is 16.4. The molecule has 0 N–H and O–H groups in total.